The molecule has 3 rings (SSSR count). The molecule has 0 radical (unpaired) electrons. The topological polar surface area (TPSA) is 115 Å². The Kier molecular flexibility index (Phi) is 5.24. The Bertz CT molecular complexity index is 976. The van der Waals surface area contributed by atoms with Crippen molar-refractivity contribution in [1.82, 2.24) is 30.0 Å². The molecule has 0 saturated heterocycles. The van der Waals surface area contributed by atoms with Crippen molar-refractivity contribution < 1.29 is 9.53 Å². The van der Waals surface area contributed by atoms with E-state index in [9.17, 15) is 9.59 Å². The van der Waals surface area contributed by atoms with Gasteiger partial charge in [-0.3, -0.25) is 14.3 Å². The summed E-state index contributed by atoms with van der Waals surface area (Å²) in [6, 6.07) is 1.33. The van der Waals surface area contributed by atoms with Crippen LogP contribution in [-0.4, -0.2) is 44.4 Å². The first-order valence-corrected chi connectivity index (χ1v) is 8.67. The maximum absolute atomic E-state index is 12.5. The summed E-state index contributed by atoms with van der Waals surface area (Å²) in [5.41, 5.74) is 0.728. The number of methoxy groups -OCH3 is 1. The van der Waals surface area contributed by atoms with Gasteiger partial charge in [0.05, 0.1) is 23.4 Å². The highest BCUT2D eigenvalue weighted by Crippen LogP contribution is 2.17. The van der Waals surface area contributed by atoms with Gasteiger partial charge < -0.3 is 15.0 Å². The Labute approximate surface area is 153 Å². The van der Waals surface area contributed by atoms with Crippen LogP contribution >= 0.6 is 11.3 Å². The fourth-order valence-corrected chi connectivity index (χ4v) is 3.09. The van der Waals surface area contributed by atoms with Crippen LogP contribution in [0.2, 0.25) is 0 Å². The lowest BCUT2D eigenvalue weighted by atomic mass is 10.2. The number of aromatic amines is 1. The zero-order valence-electron chi connectivity index (χ0n) is 14.5. The number of H-pyrrole nitrogens is 1. The molecule has 0 bridgehead atoms. The zero-order valence-corrected chi connectivity index (χ0v) is 15.3. The number of nitrogens with zero attached hydrogens (tertiary/aromatic N) is 4. The molecule has 3 aromatic heterocycles. The normalized spacial score (nSPS) is 12.1. The van der Waals surface area contributed by atoms with E-state index in [2.05, 4.69) is 25.4 Å². The fraction of sp³-hybridized carbons (Fsp3) is 0.312. The molecule has 1 atom stereocenters. The molecule has 26 heavy (non-hydrogen) atoms. The number of rotatable bonds is 6. The fourth-order valence-electron chi connectivity index (χ4n) is 2.49. The zero-order chi connectivity index (χ0) is 18.7. The Morgan fingerprint density at radius 3 is 2.88 bits per heavy atom. The maximum atomic E-state index is 12.5. The lowest BCUT2D eigenvalue weighted by molar-refractivity contribution is 0.0890. The minimum absolute atomic E-state index is 0.0797. The summed E-state index contributed by atoms with van der Waals surface area (Å²) >= 11 is 1.45. The average molecular weight is 374 g/mol. The molecule has 2 N–H and O–H groups in total. The van der Waals surface area contributed by atoms with E-state index in [4.69, 9.17) is 4.74 Å². The molecule has 9 nitrogen and oxygen atoms in total. The van der Waals surface area contributed by atoms with Crippen LogP contribution in [0.15, 0.2) is 28.6 Å². The van der Waals surface area contributed by atoms with Crippen molar-refractivity contribution in [2.45, 2.75) is 13.0 Å². The third kappa shape index (κ3) is 3.70. The number of carbonyl (C=O) groups is 1. The highest BCUT2D eigenvalue weighted by molar-refractivity contribution is 7.09. The first-order valence-electron chi connectivity index (χ1n) is 7.79. The summed E-state index contributed by atoms with van der Waals surface area (Å²) in [4.78, 5) is 35.9. The van der Waals surface area contributed by atoms with Gasteiger partial charge in [-0.05, 0) is 13.0 Å². The Balaban J connectivity index is 1.83. The standard InChI is InChI=1S/C16H18N6O3S/c1-9-19-12(8-26-9)14-17-6-10(16(24)21-14)15(23)20-11(7-25-3)13-4-5-18-22(13)2/h4-6,8,11H,7H2,1-3H3,(H,20,23)(H,17,21,24). The van der Waals surface area contributed by atoms with Gasteiger partial charge in [0, 0.05) is 31.9 Å². The second-order valence-corrected chi connectivity index (χ2v) is 6.65. The van der Waals surface area contributed by atoms with Crippen molar-refractivity contribution >= 4 is 17.2 Å². The van der Waals surface area contributed by atoms with E-state index in [1.54, 1.807) is 29.4 Å². The van der Waals surface area contributed by atoms with Gasteiger partial charge >= 0.3 is 0 Å². The number of aryl methyl sites for hydroxylation is 2. The third-order valence-corrected chi connectivity index (χ3v) is 4.53. The van der Waals surface area contributed by atoms with Crippen molar-refractivity contribution in [3.8, 4) is 11.5 Å². The van der Waals surface area contributed by atoms with Crippen LogP contribution in [0.3, 0.4) is 0 Å². The van der Waals surface area contributed by atoms with Crippen LogP contribution in [-0.2, 0) is 11.8 Å². The minimum Gasteiger partial charge on any atom is -0.382 e. The average Bonchev–Trinajstić information content (AvgIpc) is 3.22. The Morgan fingerprint density at radius 2 is 2.31 bits per heavy atom. The molecular formula is C16H18N6O3S. The number of hydrogen-bond acceptors (Lipinski definition) is 7. The molecule has 0 spiro atoms. The SMILES string of the molecule is COCC(NC(=O)c1cnc(-c2csc(C)n2)[nH]c1=O)c1ccnn1C. The van der Waals surface area contributed by atoms with Gasteiger partial charge in [0.2, 0.25) is 0 Å². The van der Waals surface area contributed by atoms with Gasteiger partial charge in [0.25, 0.3) is 11.5 Å². The number of carbonyl (C=O) groups excluding carboxylic acids is 1. The van der Waals surface area contributed by atoms with Crippen molar-refractivity contribution in [2.75, 3.05) is 13.7 Å². The van der Waals surface area contributed by atoms with Crippen molar-refractivity contribution in [3.63, 3.8) is 0 Å². The second kappa shape index (κ2) is 7.58. The van der Waals surface area contributed by atoms with E-state index >= 15 is 0 Å². The van der Waals surface area contributed by atoms with E-state index in [1.165, 1.54) is 24.6 Å². The highest BCUT2D eigenvalue weighted by atomic mass is 32.1. The van der Waals surface area contributed by atoms with E-state index < -0.39 is 17.5 Å². The maximum Gasteiger partial charge on any atom is 0.264 e. The van der Waals surface area contributed by atoms with Gasteiger partial charge in [-0.15, -0.1) is 11.3 Å². The molecular weight excluding hydrogens is 356 g/mol. The monoisotopic (exact) mass is 374 g/mol. The van der Waals surface area contributed by atoms with Crippen LogP contribution in [0.5, 0.6) is 0 Å². The number of thiazole rings is 1. The molecule has 0 aliphatic carbocycles. The molecule has 3 heterocycles. The van der Waals surface area contributed by atoms with Crippen LogP contribution in [0.4, 0.5) is 0 Å². The number of aromatic nitrogens is 5. The van der Waals surface area contributed by atoms with Crippen molar-refractivity contribution in [1.29, 1.82) is 0 Å². The summed E-state index contributed by atoms with van der Waals surface area (Å²) in [5.74, 6) is -0.209. The lowest BCUT2D eigenvalue weighted by Crippen LogP contribution is -2.36. The summed E-state index contributed by atoms with van der Waals surface area (Å²) in [5, 5.41) is 9.53. The van der Waals surface area contributed by atoms with Crippen LogP contribution in [0.25, 0.3) is 11.5 Å². The largest absolute Gasteiger partial charge is 0.382 e. The van der Waals surface area contributed by atoms with Gasteiger partial charge in [0.15, 0.2) is 5.82 Å². The molecule has 10 heteroatoms. The van der Waals surface area contributed by atoms with Gasteiger partial charge in [-0.25, -0.2) is 9.97 Å². The predicted octanol–water partition coefficient (Wildman–Crippen LogP) is 1.05. The van der Waals surface area contributed by atoms with Gasteiger partial charge in [-0.2, -0.15) is 5.10 Å². The number of ether oxygens (including phenoxy) is 1. The minimum atomic E-state index is -0.539. The summed E-state index contributed by atoms with van der Waals surface area (Å²) < 4.78 is 6.80. The van der Waals surface area contributed by atoms with Crippen LogP contribution < -0.4 is 10.9 Å². The molecule has 1 unspecified atom stereocenters. The lowest BCUT2D eigenvalue weighted by Gasteiger charge is -2.18. The summed E-state index contributed by atoms with van der Waals surface area (Å²) in [7, 11) is 3.30. The van der Waals surface area contributed by atoms with Crippen LogP contribution in [0, 0.1) is 6.92 Å². The summed E-state index contributed by atoms with van der Waals surface area (Å²) in [6.45, 7) is 2.11. The van der Waals surface area contributed by atoms with Crippen LogP contribution in [0.1, 0.15) is 27.1 Å². The first kappa shape index (κ1) is 18.0. The number of nitrogens with one attached hydrogen (secondary N) is 2. The molecule has 136 valence electrons. The first-order chi connectivity index (χ1) is 12.5. The molecule has 3 aromatic rings. The molecule has 0 saturated carbocycles. The van der Waals surface area contributed by atoms with Gasteiger partial charge in [0.1, 0.15) is 11.3 Å². The number of hydrogen-bond donors (Lipinski definition) is 2. The molecule has 1 amide bonds. The third-order valence-electron chi connectivity index (χ3n) is 3.76. The predicted molar refractivity (Wildman–Crippen MR) is 96.0 cm³/mol. The van der Waals surface area contributed by atoms with E-state index in [-0.39, 0.29) is 12.2 Å². The second-order valence-electron chi connectivity index (χ2n) is 5.59. The summed E-state index contributed by atoms with van der Waals surface area (Å²) in [6.07, 6.45) is 2.88. The molecule has 0 fully saturated rings. The van der Waals surface area contributed by atoms with Crippen molar-refractivity contribution in [2.24, 2.45) is 7.05 Å². The smallest absolute Gasteiger partial charge is 0.264 e. The molecule has 0 aromatic carbocycles. The van der Waals surface area contributed by atoms with Crippen molar-refractivity contribution in [3.05, 3.63) is 50.5 Å². The highest BCUT2D eigenvalue weighted by Gasteiger charge is 2.21. The quantitative estimate of drug-likeness (QED) is 0.666. The Morgan fingerprint density at radius 1 is 1.50 bits per heavy atom. The Hall–Kier alpha value is -2.85. The van der Waals surface area contributed by atoms with E-state index in [1.807, 2.05) is 6.92 Å². The number of amides is 1. The molecule has 0 aliphatic heterocycles. The molecule has 0 aliphatic rings. The van der Waals surface area contributed by atoms with E-state index in [0.29, 0.717) is 11.5 Å². The van der Waals surface area contributed by atoms with Gasteiger partial charge in [-0.1, -0.05) is 0 Å². The van der Waals surface area contributed by atoms with E-state index in [0.717, 1.165) is 10.7 Å².